The van der Waals surface area contributed by atoms with Gasteiger partial charge in [0.25, 0.3) is 5.91 Å². The van der Waals surface area contributed by atoms with Crippen molar-refractivity contribution < 1.29 is 14.3 Å². The van der Waals surface area contributed by atoms with E-state index in [9.17, 15) is 4.79 Å². The van der Waals surface area contributed by atoms with Crippen LogP contribution in [0, 0.1) is 0 Å². The van der Waals surface area contributed by atoms with E-state index < -0.39 is 5.60 Å². The van der Waals surface area contributed by atoms with Crippen LogP contribution in [0.1, 0.15) is 59.3 Å². The molecule has 0 saturated heterocycles. The van der Waals surface area contributed by atoms with Crippen molar-refractivity contribution in [1.82, 2.24) is 0 Å². The largest absolute Gasteiger partial charge is 0.490 e. The second-order valence-electron chi connectivity index (χ2n) is 7.62. The molecule has 0 aliphatic heterocycles. The molecule has 1 aliphatic rings. The summed E-state index contributed by atoms with van der Waals surface area (Å²) in [6.45, 7) is 6.55. The van der Waals surface area contributed by atoms with E-state index in [2.05, 4.69) is 5.32 Å². The Morgan fingerprint density at radius 1 is 1.04 bits per heavy atom. The molecule has 4 heteroatoms. The number of rotatable bonds is 6. The zero-order valence-electron chi connectivity index (χ0n) is 16.7. The number of fused-ring (bicyclic) bond motifs is 1. The van der Waals surface area contributed by atoms with Crippen LogP contribution in [-0.2, 0) is 9.53 Å². The molecule has 2 aromatic carbocycles. The summed E-state index contributed by atoms with van der Waals surface area (Å²) in [5.41, 5.74) is 0.106. The lowest BCUT2D eigenvalue weighted by Crippen LogP contribution is -2.45. The fourth-order valence-electron chi connectivity index (χ4n) is 3.99. The van der Waals surface area contributed by atoms with Gasteiger partial charge in [-0.3, -0.25) is 4.79 Å². The summed E-state index contributed by atoms with van der Waals surface area (Å²) in [6, 6.07) is 11.9. The number of carbonyl (C=O) groups is 1. The Bertz CT molecular complexity index is 776. The minimum absolute atomic E-state index is 0.0195. The first kappa shape index (κ1) is 19.7. The number of carbonyl (C=O) groups excluding carboxylic acids is 1. The van der Waals surface area contributed by atoms with Crippen LogP contribution in [0.3, 0.4) is 0 Å². The van der Waals surface area contributed by atoms with Crippen LogP contribution in [0.2, 0.25) is 0 Å². The molecule has 1 saturated carbocycles. The topological polar surface area (TPSA) is 47.6 Å². The van der Waals surface area contributed by atoms with E-state index in [0.29, 0.717) is 6.61 Å². The van der Waals surface area contributed by atoms with Gasteiger partial charge in [0.1, 0.15) is 11.4 Å². The molecular formula is C23H31NO3. The minimum Gasteiger partial charge on any atom is -0.490 e. The van der Waals surface area contributed by atoms with Crippen molar-refractivity contribution in [1.29, 1.82) is 0 Å². The molecule has 3 rings (SSSR count). The number of nitrogens with one attached hydrogen (secondary N) is 1. The molecule has 2 aromatic rings. The molecule has 0 bridgehead atoms. The normalized spacial score (nSPS) is 16.9. The maximum absolute atomic E-state index is 13.3. The summed E-state index contributed by atoms with van der Waals surface area (Å²) in [4.78, 5) is 13.3. The van der Waals surface area contributed by atoms with E-state index in [1.54, 1.807) is 0 Å². The highest BCUT2D eigenvalue weighted by atomic mass is 16.5. The quantitative estimate of drug-likeness (QED) is 0.665. The first-order valence-corrected chi connectivity index (χ1v) is 10.2. The predicted molar refractivity (Wildman–Crippen MR) is 110 cm³/mol. The Morgan fingerprint density at radius 3 is 2.33 bits per heavy atom. The molecule has 1 fully saturated rings. The van der Waals surface area contributed by atoms with Crippen molar-refractivity contribution in [3.8, 4) is 5.75 Å². The fourth-order valence-corrected chi connectivity index (χ4v) is 3.99. The van der Waals surface area contributed by atoms with Crippen LogP contribution in [-0.4, -0.2) is 24.2 Å². The van der Waals surface area contributed by atoms with Gasteiger partial charge in [-0.1, -0.05) is 49.9 Å². The molecule has 146 valence electrons. The second kappa shape index (κ2) is 8.75. The van der Waals surface area contributed by atoms with E-state index in [4.69, 9.17) is 9.47 Å². The Balaban J connectivity index is 1.92. The smallest absolute Gasteiger partial charge is 0.256 e. The predicted octanol–water partition coefficient (Wildman–Crippen LogP) is 5.70. The van der Waals surface area contributed by atoms with Gasteiger partial charge in [-0.2, -0.15) is 0 Å². The van der Waals surface area contributed by atoms with Crippen molar-refractivity contribution in [2.45, 2.75) is 71.0 Å². The third kappa shape index (κ3) is 4.44. The highest BCUT2D eigenvalue weighted by Gasteiger charge is 2.39. The number of hydrogen-bond donors (Lipinski definition) is 1. The Labute approximate surface area is 162 Å². The molecule has 0 heterocycles. The van der Waals surface area contributed by atoms with Crippen molar-refractivity contribution >= 4 is 22.4 Å². The minimum atomic E-state index is -0.709. The number of anilines is 1. The number of amides is 1. The number of hydrogen-bond acceptors (Lipinski definition) is 3. The molecule has 0 spiro atoms. The first-order chi connectivity index (χ1) is 13.1. The maximum Gasteiger partial charge on any atom is 0.256 e. The standard InChI is InChI=1S/C23H31NO3/c1-4-26-23(15-9-5-6-10-16-23)22(25)24-20-13-14-21(27-17(2)3)19-12-8-7-11-18(19)20/h7-8,11-14,17H,4-6,9-10,15-16H2,1-3H3,(H,24,25). The van der Waals surface area contributed by atoms with Crippen molar-refractivity contribution in [2.75, 3.05) is 11.9 Å². The molecule has 1 N–H and O–H groups in total. The van der Waals surface area contributed by atoms with Gasteiger partial charge in [0, 0.05) is 23.1 Å². The first-order valence-electron chi connectivity index (χ1n) is 10.2. The Hall–Kier alpha value is -2.07. The molecule has 1 amide bonds. The van der Waals surface area contributed by atoms with E-state index in [0.717, 1.165) is 47.9 Å². The zero-order valence-corrected chi connectivity index (χ0v) is 16.7. The van der Waals surface area contributed by atoms with Gasteiger partial charge in [-0.05, 0) is 45.7 Å². The molecule has 0 aromatic heterocycles. The number of benzene rings is 2. The zero-order chi connectivity index (χ0) is 19.3. The van der Waals surface area contributed by atoms with Crippen LogP contribution in [0.25, 0.3) is 10.8 Å². The van der Waals surface area contributed by atoms with Gasteiger partial charge in [0.15, 0.2) is 0 Å². The Kier molecular flexibility index (Phi) is 6.38. The van der Waals surface area contributed by atoms with Gasteiger partial charge in [-0.15, -0.1) is 0 Å². The third-order valence-electron chi connectivity index (χ3n) is 5.24. The monoisotopic (exact) mass is 369 g/mol. The summed E-state index contributed by atoms with van der Waals surface area (Å²) in [6.07, 6.45) is 6.10. The van der Waals surface area contributed by atoms with Crippen molar-refractivity contribution in [2.24, 2.45) is 0 Å². The molecular weight excluding hydrogens is 338 g/mol. The van der Waals surface area contributed by atoms with Gasteiger partial charge >= 0.3 is 0 Å². The molecule has 0 atom stereocenters. The SMILES string of the molecule is CCOC1(C(=O)Nc2ccc(OC(C)C)c3ccccc23)CCCCCC1. The van der Waals surface area contributed by atoms with Crippen LogP contribution in [0.5, 0.6) is 5.75 Å². The highest BCUT2D eigenvalue weighted by Crippen LogP contribution is 2.35. The molecule has 27 heavy (non-hydrogen) atoms. The van der Waals surface area contributed by atoms with E-state index in [1.165, 1.54) is 12.8 Å². The summed E-state index contributed by atoms with van der Waals surface area (Å²) >= 11 is 0. The molecule has 4 nitrogen and oxygen atoms in total. The average molecular weight is 370 g/mol. The van der Waals surface area contributed by atoms with E-state index >= 15 is 0 Å². The summed E-state index contributed by atoms with van der Waals surface area (Å²) in [7, 11) is 0. The van der Waals surface area contributed by atoms with Gasteiger partial charge in [-0.25, -0.2) is 0 Å². The Morgan fingerprint density at radius 2 is 1.70 bits per heavy atom. The number of ether oxygens (including phenoxy) is 2. The van der Waals surface area contributed by atoms with Gasteiger partial charge in [0.05, 0.1) is 6.10 Å². The van der Waals surface area contributed by atoms with E-state index in [1.807, 2.05) is 57.2 Å². The van der Waals surface area contributed by atoms with Crippen LogP contribution >= 0.6 is 0 Å². The molecule has 0 unspecified atom stereocenters. The van der Waals surface area contributed by atoms with E-state index in [-0.39, 0.29) is 12.0 Å². The van der Waals surface area contributed by atoms with Crippen molar-refractivity contribution in [3.05, 3.63) is 36.4 Å². The van der Waals surface area contributed by atoms with Gasteiger partial charge < -0.3 is 14.8 Å². The lowest BCUT2D eigenvalue weighted by atomic mass is 9.92. The lowest BCUT2D eigenvalue weighted by molar-refractivity contribution is -0.143. The fraction of sp³-hybridized carbons (Fsp3) is 0.522. The third-order valence-corrected chi connectivity index (χ3v) is 5.24. The average Bonchev–Trinajstić information content (AvgIpc) is 2.90. The molecule has 1 aliphatic carbocycles. The van der Waals surface area contributed by atoms with Gasteiger partial charge in [0.2, 0.25) is 0 Å². The second-order valence-corrected chi connectivity index (χ2v) is 7.62. The van der Waals surface area contributed by atoms with Crippen LogP contribution < -0.4 is 10.1 Å². The lowest BCUT2D eigenvalue weighted by Gasteiger charge is -2.31. The maximum atomic E-state index is 13.3. The summed E-state index contributed by atoms with van der Waals surface area (Å²) in [5.74, 6) is 0.821. The van der Waals surface area contributed by atoms with Crippen molar-refractivity contribution in [3.63, 3.8) is 0 Å². The summed E-state index contributed by atoms with van der Waals surface area (Å²) < 4.78 is 12.0. The van der Waals surface area contributed by atoms with Crippen LogP contribution in [0.15, 0.2) is 36.4 Å². The highest BCUT2D eigenvalue weighted by molar-refractivity contribution is 6.06. The van der Waals surface area contributed by atoms with Crippen LogP contribution in [0.4, 0.5) is 5.69 Å². The molecule has 0 radical (unpaired) electrons. The summed E-state index contributed by atoms with van der Waals surface area (Å²) in [5, 5.41) is 5.17.